The van der Waals surface area contributed by atoms with Crippen LogP contribution in [0, 0.1) is 13.8 Å². The lowest BCUT2D eigenvalue weighted by Crippen LogP contribution is -2.12. The molecule has 1 unspecified atom stereocenters. The Balaban J connectivity index is 1.88. The highest BCUT2D eigenvalue weighted by atomic mass is 32.2. The van der Waals surface area contributed by atoms with E-state index in [1.807, 2.05) is 11.8 Å². The first-order valence-corrected chi connectivity index (χ1v) is 8.08. The van der Waals surface area contributed by atoms with E-state index < -0.39 is 0 Å². The maximum absolute atomic E-state index is 10.3. The van der Waals surface area contributed by atoms with Crippen molar-refractivity contribution < 1.29 is 5.11 Å². The molecule has 1 saturated carbocycles. The molecule has 0 bridgehead atoms. The van der Waals surface area contributed by atoms with Crippen molar-refractivity contribution in [1.82, 2.24) is 0 Å². The van der Waals surface area contributed by atoms with Crippen molar-refractivity contribution in [2.75, 3.05) is 5.75 Å². The van der Waals surface area contributed by atoms with Gasteiger partial charge in [-0.3, -0.25) is 0 Å². The van der Waals surface area contributed by atoms with Crippen molar-refractivity contribution in [2.45, 2.75) is 57.3 Å². The monoisotopic (exact) mass is 264 g/mol. The van der Waals surface area contributed by atoms with E-state index in [-0.39, 0.29) is 6.10 Å². The smallest absolute Gasteiger partial charge is 0.0883 e. The van der Waals surface area contributed by atoms with E-state index in [0.29, 0.717) is 0 Å². The molecule has 1 aliphatic carbocycles. The number of thioether (sulfide) groups is 1. The number of rotatable bonds is 4. The van der Waals surface area contributed by atoms with Crippen molar-refractivity contribution in [1.29, 1.82) is 0 Å². The van der Waals surface area contributed by atoms with Gasteiger partial charge in [-0.25, -0.2) is 0 Å². The minimum Gasteiger partial charge on any atom is -0.388 e. The third kappa shape index (κ3) is 3.76. The first-order chi connectivity index (χ1) is 8.66. The zero-order valence-electron chi connectivity index (χ0n) is 11.5. The normalized spacial score (nSPS) is 18.8. The van der Waals surface area contributed by atoms with Crippen LogP contribution in [-0.4, -0.2) is 16.1 Å². The molecule has 0 heterocycles. The summed E-state index contributed by atoms with van der Waals surface area (Å²) < 4.78 is 0. The number of aliphatic hydroxyl groups is 1. The number of hydrogen-bond acceptors (Lipinski definition) is 2. The molecule has 1 N–H and O–H groups in total. The average molecular weight is 264 g/mol. The molecule has 0 saturated heterocycles. The molecule has 18 heavy (non-hydrogen) atoms. The van der Waals surface area contributed by atoms with E-state index in [4.69, 9.17) is 0 Å². The molecule has 1 nitrogen and oxygen atoms in total. The molecule has 0 amide bonds. The molecule has 1 atom stereocenters. The van der Waals surface area contributed by atoms with Crippen LogP contribution in [0.2, 0.25) is 0 Å². The molecule has 0 aliphatic heterocycles. The topological polar surface area (TPSA) is 20.2 Å². The summed E-state index contributed by atoms with van der Waals surface area (Å²) >= 11 is 1.96. The van der Waals surface area contributed by atoms with Gasteiger partial charge in [0, 0.05) is 11.0 Å². The Hall–Kier alpha value is -0.470. The molecule has 2 heteroatoms. The molecule has 100 valence electrons. The predicted octanol–water partition coefficient (Wildman–Crippen LogP) is 4.40. The van der Waals surface area contributed by atoms with Crippen LogP contribution < -0.4 is 0 Å². The van der Waals surface area contributed by atoms with Crippen LogP contribution in [0.4, 0.5) is 0 Å². The minimum absolute atomic E-state index is 0.308. The summed E-state index contributed by atoms with van der Waals surface area (Å²) in [6.07, 6.45) is 6.51. The predicted molar refractivity (Wildman–Crippen MR) is 80.2 cm³/mol. The van der Waals surface area contributed by atoms with Gasteiger partial charge in [-0.2, -0.15) is 11.8 Å². The first-order valence-electron chi connectivity index (χ1n) is 7.03. The lowest BCUT2D eigenvalue weighted by Gasteiger charge is -2.23. The van der Waals surface area contributed by atoms with Crippen LogP contribution in [0.5, 0.6) is 0 Å². The summed E-state index contributed by atoms with van der Waals surface area (Å²) in [6.45, 7) is 4.19. The lowest BCUT2D eigenvalue weighted by molar-refractivity contribution is 0.203. The Morgan fingerprint density at radius 2 is 1.94 bits per heavy atom. The van der Waals surface area contributed by atoms with Gasteiger partial charge < -0.3 is 5.11 Å². The Morgan fingerprint density at radius 3 is 2.61 bits per heavy atom. The van der Waals surface area contributed by atoms with Crippen molar-refractivity contribution in [2.24, 2.45) is 0 Å². The highest BCUT2D eigenvalue weighted by molar-refractivity contribution is 7.99. The molecular formula is C16H24OS. The Labute approximate surface area is 115 Å². The van der Waals surface area contributed by atoms with Crippen molar-refractivity contribution >= 4 is 11.8 Å². The van der Waals surface area contributed by atoms with Crippen LogP contribution in [0.1, 0.15) is 54.9 Å². The number of aryl methyl sites for hydroxylation is 2. The van der Waals surface area contributed by atoms with Gasteiger partial charge in [0.05, 0.1) is 6.10 Å². The molecule has 0 radical (unpaired) electrons. The van der Waals surface area contributed by atoms with Crippen LogP contribution >= 0.6 is 11.8 Å². The van der Waals surface area contributed by atoms with Gasteiger partial charge in [0.25, 0.3) is 0 Å². The molecule has 1 aromatic carbocycles. The van der Waals surface area contributed by atoms with Crippen molar-refractivity contribution in [3.63, 3.8) is 0 Å². The number of benzene rings is 1. The Bertz CT molecular complexity index is 383. The maximum Gasteiger partial charge on any atom is 0.0883 e. The third-order valence-corrected chi connectivity index (χ3v) is 5.28. The average Bonchev–Trinajstić information content (AvgIpc) is 2.37. The quantitative estimate of drug-likeness (QED) is 0.869. The molecular weight excluding hydrogens is 240 g/mol. The first kappa shape index (κ1) is 14.0. The zero-order valence-corrected chi connectivity index (χ0v) is 12.3. The Kier molecular flexibility index (Phi) is 5.13. The van der Waals surface area contributed by atoms with Crippen LogP contribution in [-0.2, 0) is 0 Å². The van der Waals surface area contributed by atoms with Gasteiger partial charge in [0.1, 0.15) is 0 Å². The lowest BCUT2D eigenvalue weighted by atomic mass is 10.0. The summed E-state index contributed by atoms with van der Waals surface area (Å²) in [5, 5.41) is 11.1. The molecule has 1 aliphatic rings. The molecule has 1 aromatic rings. The summed E-state index contributed by atoms with van der Waals surface area (Å²) in [5.41, 5.74) is 3.58. The fourth-order valence-corrected chi connectivity index (χ4v) is 4.05. The zero-order chi connectivity index (χ0) is 13.0. The van der Waals surface area contributed by atoms with E-state index in [1.54, 1.807) is 0 Å². The summed E-state index contributed by atoms with van der Waals surface area (Å²) in [6, 6.07) is 6.33. The third-order valence-electron chi connectivity index (χ3n) is 3.83. The Morgan fingerprint density at radius 1 is 1.22 bits per heavy atom. The standard InChI is InChI=1S/C16H24OS/c1-12-8-9-15(13(2)10-12)16(17)11-18-14-6-4-3-5-7-14/h8-10,14,16-17H,3-7,11H2,1-2H3. The van der Waals surface area contributed by atoms with Crippen molar-refractivity contribution in [3.8, 4) is 0 Å². The van der Waals surface area contributed by atoms with Gasteiger partial charge in [-0.05, 0) is 37.8 Å². The second-order valence-corrected chi connectivity index (χ2v) is 6.80. The molecule has 0 aromatic heterocycles. The second-order valence-electron chi connectivity index (χ2n) is 5.47. The SMILES string of the molecule is Cc1ccc(C(O)CSC2CCCCC2)c(C)c1. The van der Waals surface area contributed by atoms with Gasteiger partial charge >= 0.3 is 0 Å². The van der Waals surface area contributed by atoms with E-state index in [2.05, 4.69) is 32.0 Å². The van der Waals surface area contributed by atoms with Crippen molar-refractivity contribution in [3.05, 3.63) is 34.9 Å². The largest absolute Gasteiger partial charge is 0.388 e. The fraction of sp³-hybridized carbons (Fsp3) is 0.625. The highest BCUT2D eigenvalue weighted by Gasteiger charge is 2.17. The fourth-order valence-electron chi connectivity index (χ4n) is 2.75. The molecule has 1 fully saturated rings. The van der Waals surface area contributed by atoms with E-state index >= 15 is 0 Å². The van der Waals surface area contributed by atoms with E-state index in [0.717, 1.165) is 16.6 Å². The summed E-state index contributed by atoms with van der Waals surface area (Å²) in [4.78, 5) is 0. The van der Waals surface area contributed by atoms with Crippen LogP contribution in [0.15, 0.2) is 18.2 Å². The molecule has 0 spiro atoms. The number of aliphatic hydroxyl groups excluding tert-OH is 1. The second kappa shape index (κ2) is 6.63. The van der Waals surface area contributed by atoms with Gasteiger partial charge in [-0.1, -0.05) is 43.0 Å². The highest BCUT2D eigenvalue weighted by Crippen LogP contribution is 2.31. The maximum atomic E-state index is 10.3. The van der Waals surface area contributed by atoms with E-state index in [9.17, 15) is 5.11 Å². The minimum atomic E-state index is -0.308. The molecule has 2 rings (SSSR count). The summed E-state index contributed by atoms with van der Waals surface area (Å²) in [7, 11) is 0. The van der Waals surface area contributed by atoms with Gasteiger partial charge in [0.2, 0.25) is 0 Å². The van der Waals surface area contributed by atoms with Crippen LogP contribution in [0.3, 0.4) is 0 Å². The van der Waals surface area contributed by atoms with Crippen LogP contribution in [0.25, 0.3) is 0 Å². The number of hydrogen-bond donors (Lipinski definition) is 1. The van der Waals surface area contributed by atoms with E-state index in [1.165, 1.54) is 43.2 Å². The van der Waals surface area contributed by atoms with Gasteiger partial charge in [-0.15, -0.1) is 0 Å². The van der Waals surface area contributed by atoms with Gasteiger partial charge in [0.15, 0.2) is 0 Å². The summed E-state index contributed by atoms with van der Waals surface area (Å²) in [5.74, 6) is 0.842.